The van der Waals surface area contributed by atoms with Crippen LogP contribution in [0.5, 0.6) is 0 Å². The molecule has 1 fully saturated rings. The molecule has 0 unspecified atom stereocenters. The second-order valence-electron chi connectivity index (χ2n) is 14.1. The van der Waals surface area contributed by atoms with Gasteiger partial charge in [-0.3, -0.25) is 14.5 Å². The number of halogens is 1. The highest BCUT2D eigenvalue weighted by atomic mass is 35.5. The zero-order chi connectivity index (χ0) is 39.7. The summed E-state index contributed by atoms with van der Waals surface area (Å²) in [5.41, 5.74) is 2.61. The molecule has 3 N–H and O–H groups in total. The van der Waals surface area contributed by atoms with Crippen LogP contribution in [0.3, 0.4) is 0 Å². The molecule has 55 heavy (non-hydrogen) atoms. The van der Waals surface area contributed by atoms with E-state index in [1.165, 1.54) is 6.33 Å². The van der Waals surface area contributed by atoms with Gasteiger partial charge in [0.05, 0.1) is 64.0 Å². The Balaban J connectivity index is 1.20. The number of hydrogen-bond acceptors (Lipinski definition) is 12. The third kappa shape index (κ3) is 13.8. The predicted molar refractivity (Wildman–Crippen MR) is 207 cm³/mol. The fraction of sp³-hybridized carbons (Fsp3) is 0.658. The van der Waals surface area contributed by atoms with E-state index < -0.39 is 18.1 Å². The second-order valence-corrected chi connectivity index (χ2v) is 14.5. The number of aliphatic hydroxyl groups is 1. The standard InChI is InChI=1S/C38H58ClN7O9/c1-27(2)46(11-10-43(4)33(48)25-55-22-21-54-20-19-53-18-17-52-16-9-40-38(50)51)24-31(29-5-7-30(39)8-6-29)37(49)45-14-12-44(13-15-45)36-34-28(3)23-32(47)35(34)41-26-42-36/h5-8,26-28,31-32,40,47H,9-25H2,1-4H3,(H,50,51)/t28-,31-,32-/m1/s1. The van der Waals surface area contributed by atoms with Gasteiger partial charge in [0.15, 0.2) is 0 Å². The molecule has 0 spiro atoms. The largest absolute Gasteiger partial charge is 0.465 e. The van der Waals surface area contributed by atoms with Crippen LogP contribution in [0.15, 0.2) is 30.6 Å². The number of nitrogens with zero attached hydrogens (tertiary/aromatic N) is 6. The number of aromatic nitrogens is 2. The Labute approximate surface area is 329 Å². The van der Waals surface area contributed by atoms with Crippen molar-refractivity contribution >= 4 is 35.3 Å². The minimum absolute atomic E-state index is 0.0488. The average Bonchev–Trinajstić information content (AvgIpc) is 3.47. The fourth-order valence-electron chi connectivity index (χ4n) is 6.69. The average molecular weight is 792 g/mol. The van der Waals surface area contributed by atoms with Crippen molar-refractivity contribution in [2.45, 2.75) is 51.2 Å². The lowest BCUT2D eigenvalue weighted by atomic mass is 9.95. The summed E-state index contributed by atoms with van der Waals surface area (Å²) in [6.45, 7) is 12.6. The highest BCUT2D eigenvalue weighted by molar-refractivity contribution is 6.30. The van der Waals surface area contributed by atoms with Crippen LogP contribution < -0.4 is 10.2 Å². The molecule has 2 aromatic rings. The first-order valence-electron chi connectivity index (χ1n) is 19.0. The highest BCUT2D eigenvalue weighted by Crippen LogP contribution is 2.42. The van der Waals surface area contributed by atoms with E-state index in [1.807, 2.05) is 29.2 Å². The Bertz CT molecular complexity index is 1500. The van der Waals surface area contributed by atoms with Gasteiger partial charge in [0.2, 0.25) is 11.8 Å². The molecule has 1 saturated heterocycles. The van der Waals surface area contributed by atoms with Gasteiger partial charge in [-0.2, -0.15) is 0 Å². The van der Waals surface area contributed by atoms with Crippen molar-refractivity contribution in [3.63, 3.8) is 0 Å². The van der Waals surface area contributed by atoms with E-state index in [9.17, 15) is 19.5 Å². The van der Waals surface area contributed by atoms with Crippen LogP contribution >= 0.6 is 11.6 Å². The number of carbonyl (C=O) groups is 3. The summed E-state index contributed by atoms with van der Waals surface area (Å²) in [6, 6.07) is 7.59. The summed E-state index contributed by atoms with van der Waals surface area (Å²) < 4.78 is 21.7. The molecule has 3 amide bonds. The number of aliphatic hydroxyl groups excluding tert-OH is 1. The Morgan fingerprint density at radius 3 is 2.16 bits per heavy atom. The SMILES string of the molecule is CC(C)N(CCN(C)C(=O)COCCOCCOCCOCCNC(=O)O)C[C@@H](C(=O)N1CCN(c2ncnc3c2[C@H](C)C[C@H]3O)CC1)c1ccc(Cl)cc1. The van der Waals surface area contributed by atoms with Crippen molar-refractivity contribution in [3.05, 3.63) is 52.4 Å². The maximum atomic E-state index is 14.3. The van der Waals surface area contributed by atoms with Crippen LogP contribution in [0.2, 0.25) is 5.02 Å². The summed E-state index contributed by atoms with van der Waals surface area (Å²) in [5, 5.41) is 21.8. The van der Waals surface area contributed by atoms with Gasteiger partial charge >= 0.3 is 6.09 Å². The third-order valence-corrected chi connectivity index (χ3v) is 10.2. The van der Waals surface area contributed by atoms with Crippen LogP contribution in [0.25, 0.3) is 0 Å². The first kappa shape index (κ1) is 44.1. The van der Waals surface area contributed by atoms with Gasteiger partial charge in [-0.25, -0.2) is 14.8 Å². The summed E-state index contributed by atoms with van der Waals surface area (Å²) in [4.78, 5) is 54.5. The molecule has 0 saturated carbocycles. The van der Waals surface area contributed by atoms with Gasteiger partial charge in [-0.05, 0) is 43.9 Å². The van der Waals surface area contributed by atoms with Crippen molar-refractivity contribution in [1.29, 1.82) is 0 Å². The predicted octanol–water partition coefficient (Wildman–Crippen LogP) is 2.61. The van der Waals surface area contributed by atoms with Gasteiger partial charge in [0, 0.05) is 76.0 Å². The maximum Gasteiger partial charge on any atom is 0.404 e. The Morgan fingerprint density at radius 2 is 1.55 bits per heavy atom. The molecule has 1 aliphatic carbocycles. The van der Waals surface area contributed by atoms with E-state index in [1.54, 1.807) is 11.9 Å². The zero-order valence-electron chi connectivity index (χ0n) is 32.5. The number of fused-ring (bicyclic) bond motifs is 1. The Morgan fingerprint density at radius 1 is 0.927 bits per heavy atom. The molecule has 17 heteroatoms. The van der Waals surface area contributed by atoms with E-state index in [-0.39, 0.29) is 50.1 Å². The minimum Gasteiger partial charge on any atom is -0.465 e. The molecule has 2 aliphatic rings. The lowest BCUT2D eigenvalue weighted by Gasteiger charge is -2.39. The number of carbonyl (C=O) groups excluding carboxylic acids is 2. The normalized spacial score (nSPS) is 17.5. The topological polar surface area (TPSA) is 179 Å². The van der Waals surface area contributed by atoms with Gasteiger partial charge in [-0.1, -0.05) is 30.7 Å². The number of hydrogen-bond donors (Lipinski definition) is 3. The number of amides is 3. The van der Waals surface area contributed by atoms with E-state index in [4.69, 9.17) is 35.7 Å². The first-order valence-corrected chi connectivity index (χ1v) is 19.4. The number of anilines is 1. The van der Waals surface area contributed by atoms with E-state index in [0.717, 1.165) is 16.9 Å². The number of carboxylic acid groups (broad SMARTS) is 1. The van der Waals surface area contributed by atoms with Crippen molar-refractivity contribution in [1.82, 2.24) is 30.0 Å². The fourth-order valence-corrected chi connectivity index (χ4v) is 6.82. The van der Waals surface area contributed by atoms with E-state index in [0.29, 0.717) is 96.0 Å². The quantitative estimate of drug-likeness (QED) is 0.140. The second kappa shape index (κ2) is 22.8. The van der Waals surface area contributed by atoms with Crippen molar-refractivity contribution < 1.29 is 43.5 Å². The molecular formula is C38H58ClN7O9. The molecular weight excluding hydrogens is 734 g/mol. The molecule has 306 valence electrons. The van der Waals surface area contributed by atoms with Crippen molar-refractivity contribution in [2.24, 2.45) is 0 Å². The van der Waals surface area contributed by atoms with Crippen molar-refractivity contribution in [2.75, 3.05) is 117 Å². The Hall–Kier alpha value is -3.64. The minimum atomic E-state index is -1.08. The molecule has 1 aromatic heterocycles. The number of benzene rings is 1. The van der Waals surface area contributed by atoms with Crippen molar-refractivity contribution in [3.8, 4) is 0 Å². The van der Waals surface area contributed by atoms with Crippen LogP contribution in [-0.2, 0) is 28.5 Å². The van der Waals surface area contributed by atoms with E-state index in [2.05, 4.69) is 45.9 Å². The van der Waals surface area contributed by atoms with Crippen LogP contribution in [0.4, 0.5) is 10.6 Å². The van der Waals surface area contributed by atoms with Gasteiger partial charge in [-0.15, -0.1) is 0 Å². The number of rotatable bonds is 23. The summed E-state index contributed by atoms with van der Waals surface area (Å²) in [6.07, 6.45) is 0.502. The number of piperazine rings is 1. The highest BCUT2D eigenvalue weighted by Gasteiger charge is 2.35. The number of nitrogens with one attached hydrogen (secondary N) is 1. The van der Waals surface area contributed by atoms with Gasteiger partial charge in [0.1, 0.15) is 18.8 Å². The van der Waals surface area contributed by atoms with Crippen LogP contribution in [0, 0.1) is 0 Å². The molecule has 1 aliphatic heterocycles. The zero-order valence-corrected chi connectivity index (χ0v) is 33.3. The molecule has 2 heterocycles. The maximum absolute atomic E-state index is 14.3. The lowest BCUT2D eigenvalue weighted by Crippen LogP contribution is -2.52. The van der Waals surface area contributed by atoms with Crippen LogP contribution in [0.1, 0.15) is 62.0 Å². The summed E-state index contributed by atoms with van der Waals surface area (Å²) >= 11 is 6.24. The molecule has 0 bridgehead atoms. The van der Waals surface area contributed by atoms with Crippen LogP contribution in [-0.4, -0.2) is 171 Å². The Kier molecular flexibility index (Phi) is 18.3. The first-order chi connectivity index (χ1) is 26.5. The number of ether oxygens (including phenoxy) is 4. The lowest BCUT2D eigenvalue weighted by molar-refractivity contribution is -0.136. The van der Waals surface area contributed by atoms with E-state index >= 15 is 0 Å². The molecule has 4 rings (SSSR count). The molecule has 16 nitrogen and oxygen atoms in total. The molecule has 0 radical (unpaired) electrons. The summed E-state index contributed by atoms with van der Waals surface area (Å²) in [7, 11) is 1.75. The molecule has 3 atom stereocenters. The smallest absolute Gasteiger partial charge is 0.404 e. The molecule has 1 aromatic carbocycles. The van der Waals surface area contributed by atoms with Gasteiger partial charge in [0.25, 0.3) is 0 Å². The summed E-state index contributed by atoms with van der Waals surface area (Å²) in [5.74, 6) is 0.490. The van der Waals surface area contributed by atoms with Gasteiger partial charge < -0.3 is 49.2 Å². The number of likely N-dealkylation sites (N-methyl/N-ethyl adjacent to an activating group) is 1. The monoisotopic (exact) mass is 791 g/mol. The third-order valence-electron chi connectivity index (χ3n) is 9.90.